The van der Waals surface area contributed by atoms with E-state index in [4.69, 9.17) is 0 Å². The van der Waals surface area contributed by atoms with Gasteiger partial charge in [-0.25, -0.2) is 0 Å². The summed E-state index contributed by atoms with van der Waals surface area (Å²) in [4.78, 5) is 14.7. The van der Waals surface area contributed by atoms with Gasteiger partial charge in [0.05, 0.1) is 0 Å². The summed E-state index contributed by atoms with van der Waals surface area (Å²) in [6, 6.07) is 14.7. The van der Waals surface area contributed by atoms with Gasteiger partial charge in [-0.3, -0.25) is 9.69 Å². The lowest BCUT2D eigenvalue weighted by Gasteiger charge is -2.22. The van der Waals surface area contributed by atoms with E-state index < -0.39 is 0 Å². The lowest BCUT2D eigenvalue weighted by atomic mass is 10.1. The van der Waals surface area contributed by atoms with E-state index in [-0.39, 0.29) is 5.91 Å². The number of carbonyl (C=O) groups excluding carboxylic acids is 1. The number of carbonyl (C=O) groups is 1. The topological polar surface area (TPSA) is 32.3 Å². The zero-order chi connectivity index (χ0) is 17.7. The van der Waals surface area contributed by atoms with E-state index in [1.807, 2.05) is 32.0 Å². The second-order valence-electron chi connectivity index (χ2n) is 6.84. The highest BCUT2D eigenvalue weighted by atomic mass is 16.1. The fourth-order valence-electron chi connectivity index (χ4n) is 2.72. The minimum Gasteiger partial charge on any atom is -0.348 e. The Morgan fingerprint density at radius 2 is 1.62 bits per heavy atom. The summed E-state index contributed by atoms with van der Waals surface area (Å²) >= 11 is 0. The summed E-state index contributed by atoms with van der Waals surface area (Å²) in [7, 11) is 2.12. The first-order valence-corrected chi connectivity index (χ1v) is 8.50. The predicted molar refractivity (Wildman–Crippen MR) is 100 cm³/mol. The normalized spacial score (nSPS) is 11.1. The lowest BCUT2D eigenvalue weighted by Crippen LogP contribution is -2.27. The first-order valence-electron chi connectivity index (χ1n) is 8.50. The third-order valence-electron chi connectivity index (χ3n) is 4.34. The van der Waals surface area contributed by atoms with Crippen LogP contribution in [0.1, 0.15) is 46.5 Å². The smallest absolute Gasteiger partial charge is 0.251 e. The first kappa shape index (κ1) is 18.2. The fourth-order valence-corrected chi connectivity index (χ4v) is 2.72. The molecular weight excluding hydrogens is 296 g/mol. The van der Waals surface area contributed by atoms with Gasteiger partial charge in [-0.15, -0.1) is 0 Å². The monoisotopic (exact) mass is 324 g/mol. The molecule has 0 atom stereocenters. The first-order chi connectivity index (χ1) is 11.4. The minimum atomic E-state index is -0.0196. The molecule has 0 radical (unpaired) electrons. The molecule has 2 aromatic rings. The largest absolute Gasteiger partial charge is 0.348 e. The van der Waals surface area contributed by atoms with Crippen LogP contribution in [-0.4, -0.2) is 23.9 Å². The van der Waals surface area contributed by atoms with Crippen molar-refractivity contribution in [1.29, 1.82) is 0 Å². The van der Waals surface area contributed by atoms with Crippen LogP contribution in [0, 0.1) is 13.8 Å². The molecule has 24 heavy (non-hydrogen) atoms. The quantitative estimate of drug-likeness (QED) is 0.868. The predicted octanol–water partition coefficient (Wildman–Crippen LogP) is 4.07. The van der Waals surface area contributed by atoms with Gasteiger partial charge in [-0.05, 0) is 58.0 Å². The molecule has 1 amide bonds. The van der Waals surface area contributed by atoms with Crippen molar-refractivity contribution in [2.45, 2.75) is 46.8 Å². The van der Waals surface area contributed by atoms with Gasteiger partial charge in [0.1, 0.15) is 0 Å². The van der Waals surface area contributed by atoms with Gasteiger partial charge < -0.3 is 5.32 Å². The zero-order valence-electron chi connectivity index (χ0n) is 15.4. The molecule has 0 aromatic heterocycles. The zero-order valence-corrected chi connectivity index (χ0v) is 15.4. The second kappa shape index (κ2) is 8.11. The number of rotatable bonds is 6. The van der Waals surface area contributed by atoms with Gasteiger partial charge in [0.15, 0.2) is 0 Å². The molecule has 2 aromatic carbocycles. The highest BCUT2D eigenvalue weighted by Crippen LogP contribution is 2.13. The Hall–Kier alpha value is -2.13. The van der Waals surface area contributed by atoms with Gasteiger partial charge in [-0.1, -0.05) is 41.5 Å². The fraction of sp³-hybridized carbons (Fsp3) is 0.381. The van der Waals surface area contributed by atoms with Crippen molar-refractivity contribution in [2.24, 2.45) is 0 Å². The van der Waals surface area contributed by atoms with Gasteiger partial charge in [0, 0.05) is 24.7 Å². The molecule has 0 heterocycles. The molecule has 0 saturated heterocycles. The van der Waals surface area contributed by atoms with Crippen LogP contribution >= 0.6 is 0 Å². The molecule has 0 unspecified atom stereocenters. The van der Waals surface area contributed by atoms with Crippen molar-refractivity contribution >= 4 is 5.91 Å². The molecule has 1 N–H and O–H groups in total. The molecule has 0 aliphatic rings. The summed E-state index contributed by atoms with van der Waals surface area (Å²) in [6.07, 6.45) is 0. The van der Waals surface area contributed by atoms with Crippen LogP contribution < -0.4 is 5.32 Å². The summed E-state index contributed by atoms with van der Waals surface area (Å²) in [6.45, 7) is 9.83. The average Bonchev–Trinajstić information content (AvgIpc) is 2.52. The van der Waals surface area contributed by atoms with Gasteiger partial charge in [-0.2, -0.15) is 0 Å². The van der Waals surface area contributed by atoms with Gasteiger partial charge >= 0.3 is 0 Å². The number of amides is 1. The standard InChI is InChI=1S/C21H28N2O/c1-15(2)23(5)14-19-9-7-6-8-18(19)13-22-21(24)20-11-16(3)10-17(4)12-20/h6-12,15H,13-14H2,1-5H3,(H,22,24). The molecule has 0 saturated carbocycles. The Kier molecular flexibility index (Phi) is 6.16. The molecule has 0 aliphatic heterocycles. The summed E-state index contributed by atoms with van der Waals surface area (Å²) in [5.41, 5.74) is 5.37. The Morgan fingerprint density at radius 3 is 2.21 bits per heavy atom. The van der Waals surface area contributed by atoms with Crippen LogP contribution in [0.3, 0.4) is 0 Å². The maximum atomic E-state index is 12.4. The summed E-state index contributed by atoms with van der Waals surface area (Å²) in [5.74, 6) is -0.0196. The molecule has 0 aliphatic carbocycles. The Morgan fingerprint density at radius 1 is 1.04 bits per heavy atom. The molecule has 0 spiro atoms. The van der Waals surface area contributed by atoms with E-state index in [0.717, 1.165) is 23.2 Å². The average molecular weight is 324 g/mol. The summed E-state index contributed by atoms with van der Waals surface area (Å²) in [5, 5.41) is 3.06. The molecule has 0 fully saturated rings. The Labute approximate surface area is 145 Å². The summed E-state index contributed by atoms with van der Waals surface area (Å²) < 4.78 is 0. The molecule has 0 bridgehead atoms. The highest BCUT2D eigenvalue weighted by Gasteiger charge is 2.10. The molecular formula is C21H28N2O. The minimum absolute atomic E-state index is 0.0196. The van der Waals surface area contributed by atoms with Crippen LogP contribution in [0.2, 0.25) is 0 Å². The number of hydrogen-bond donors (Lipinski definition) is 1. The Balaban J connectivity index is 2.07. The molecule has 128 valence electrons. The van der Waals surface area contributed by atoms with Crippen LogP contribution in [-0.2, 0) is 13.1 Å². The SMILES string of the molecule is Cc1cc(C)cc(C(=O)NCc2ccccc2CN(C)C(C)C)c1. The highest BCUT2D eigenvalue weighted by molar-refractivity contribution is 5.94. The van der Waals surface area contributed by atoms with Crippen LogP contribution in [0.25, 0.3) is 0 Å². The second-order valence-corrected chi connectivity index (χ2v) is 6.84. The van der Waals surface area contributed by atoms with E-state index in [1.165, 1.54) is 11.1 Å². The third kappa shape index (κ3) is 4.93. The number of nitrogens with one attached hydrogen (secondary N) is 1. The van der Waals surface area contributed by atoms with Crippen molar-refractivity contribution in [3.05, 3.63) is 70.3 Å². The van der Waals surface area contributed by atoms with Crippen molar-refractivity contribution < 1.29 is 4.79 Å². The maximum Gasteiger partial charge on any atom is 0.251 e. The Bertz CT molecular complexity index is 686. The van der Waals surface area contributed by atoms with Crippen molar-refractivity contribution in [3.8, 4) is 0 Å². The van der Waals surface area contributed by atoms with Crippen molar-refractivity contribution in [1.82, 2.24) is 10.2 Å². The number of benzene rings is 2. The molecule has 3 heteroatoms. The van der Waals surface area contributed by atoms with E-state index in [9.17, 15) is 4.79 Å². The van der Waals surface area contributed by atoms with E-state index in [2.05, 4.69) is 55.4 Å². The van der Waals surface area contributed by atoms with Crippen LogP contribution in [0.15, 0.2) is 42.5 Å². The third-order valence-corrected chi connectivity index (χ3v) is 4.34. The number of aryl methyl sites for hydroxylation is 2. The van der Waals surface area contributed by atoms with Crippen LogP contribution in [0.4, 0.5) is 0 Å². The maximum absolute atomic E-state index is 12.4. The van der Waals surface area contributed by atoms with E-state index >= 15 is 0 Å². The van der Waals surface area contributed by atoms with Gasteiger partial charge in [0.25, 0.3) is 5.91 Å². The van der Waals surface area contributed by atoms with E-state index in [1.54, 1.807) is 0 Å². The molecule has 2 rings (SSSR count). The number of hydrogen-bond acceptors (Lipinski definition) is 2. The lowest BCUT2D eigenvalue weighted by molar-refractivity contribution is 0.0950. The van der Waals surface area contributed by atoms with Crippen molar-refractivity contribution in [3.63, 3.8) is 0 Å². The van der Waals surface area contributed by atoms with Crippen LogP contribution in [0.5, 0.6) is 0 Å². The van der Waals surface area contributed by atoms with Crippen molar-refractivity contribution in [2.75, 3.05) is 7.05 Å². The number of nitrogens with zero attached hydrogens (tertiary/aromatic N) is 1. The van der Waals surface area contributed by atoms with Gasteiger partial charge in [0.2, 0.25) is 0 Å². The molecule has 3 nitrogen and oxygen atoms in total. The van der Waals surface area contributed by atoms with E-state index in [0.29, 0.717) is 12.6 Å².